The Hall–Kier alpha value is -0.370. The molecule has 0 unspecified atom stereocenters. The molecule has 1 N–H and O–H groups in total. The summed E-state index contributed by atoms with van der Waals surface area (Å²) in [4.78, 5) is 0.230. The number of nitrogens with zero attached hydrogens (tertiary/aromatic N) is 1. The van der Waals surface area contributed by atoms with Gasteiger partial charge in [-0.15, -0.1) is 0 Å². The highest BCUT2D eigenvalue weighted by molar-refractivity contribution is 9.10. The summed E-state index contributed by atoms with van der Waals surface area (Å²) in [5.74, 6) is 1.18. The second-order valence-electron chi connectivity index (χ2n) is 5.73. The number of furan rings is 1. The van der Waals surface area contributed by atoms with Crippen molar-refractivity contribution < 1.29 is 12.8 Å². The number of hydrogen-bond donors (Lipinski definition) is 1. The maximum atomic E-state index is 12.5. The van der Waals surface area contributed by atoms with Crippen LogP contribution in [0.2, 0.25) is 0 Å². The van der Waals surface area contributed by atoms with Crippen LogP contribution in [-0.4, -0.2) is 32.4 Å². The fourth-order valence-corrected chi connectivity index (χ4v) is 4.33. The largest absolute Gasteiger partial charge is 0.452 e. The van der Waals surface area contributed by atoms with Gasteiger partial charge in [0.1, 0.15) is 10.7 Å². The average Bonchev–Trinajstić information content (AvgIpc) is 3.28. The molecule has 0 aliphatic heterocycles. The van der Waals surface area contributed by atoms with Gasteiger partial charge in [-0.05, 0) is 47.5 Å². The Bertz CT molecular complexity index is 591. The summed E-state index contributed by atoms with van der Waals surface area (Å²) in [6, 6.07) is 2.19. The molecule has 2 aliphatic carbocycles. The molecule has 1 aromatic heterocycles. The average molecular weight is 363 g/mol. The SMILES string of the molecule is CN(CC1CC1)S(=O)(=O)c1cc(CNC2CC2)oc1Br. The quantitative estimate of drug-likeness (QED) is 0.808. The maximum Gasteiger partial charge on any atom is 0.247 e. The van der Waals surface area contributed by atoms with E-state index >= 15 is 0 Å². The first-order valence-electron chi connectivity index (χ1n) is 6.95. The third-order valence-electron chi connectivity index (χ3n) is 3.75. The van der Waals surface area contributed by atoms with E-state index in [9.17, 15) is 8.42 Å². The number of nitrogens with one attached hydrogen (secondary N) is 1. The topological polar surface area (TPSA) is 62.6 Å². The Balaban J connectivity index is 1.73. The Morgan fingerprint density at radius 3 is 2.70 bits per heavy atom. The van der Waals surface area contributed by atoms with Crippen LogP contribution in [0.5, 0.6) is 0 Å². The van der Waals surface area contributed by atoms with Crippen LogP contribution in [0.15, 0.2) is 20.0 Å². The van der Waals surface area contributed by atoms with E-state index in [1.54, 1.807) is 13.1 Å². The summed E-state index contributed by atoms with van der Waals surface area (Å²) in [7, 11) is -1.83. The van der Waals surface area contributed by atoms with Crippen LogP contribution in [0.1, 0.15) is 31.4 Å². The van der Waals surface area contributed by atoms with Gasteiger partial charge in [-0.3, -0.25) is 0 Å². The lowest BCUT2D eigenvalue weighted by atomic mass is 10.4. The normalized spacial score (nSPS) is 19.8. The third kappa shape index (κ3) is 3.27. The van der Waals surface area contributed by atoms with Crippen molar-refractivity contribution in [2.45, 2.75) is 43.2 Å². The molecule has 7 heteroatoms. The van der Waals surface area contributed by atoms with Crippen molar-refractivity contribution in [3.8, 4) is 0 Å². The van der Waals surface area contributed by atoms with Crippen LogP contribution >= 0.6 is 15.9 Å². The van der Waals surface area contributed by atoms with Gasteiger partial charge in [0.05, 0.1) is 6.54 Å². The van der Waals surface area contributed by atoms with Gasteiger partial charge in [0.15, 0.2) is 4.67 Å². The summed E-state index contributed by atoms with van der Waals surface area (Å²) in [6.45, 7) is 1.17. The summed E-state index contributed by atoms with van der Waals surface area (Å²) in [6.07, 6.45) is 4.64. The second-order valence-corrected chi connectivity index (χ2v) is 8.47. The van der Waals surface area contributed by atoms with Gasteiger partial charge in [0.2, 0.25) is 10.0 Å². The van der Waals surface area contributed by atoms with Crippen LogP contribution in [0, 0.1) is 5.92 Å². The minimum atomic E-state index is -3.46. The molecule has 1 heterocycles. The zero-order valence-electron chi connectivity index (χ0n) is 11.4. The summed E-state index contributed by atoms with van der Waals surface area (Å²) < 4.78 is 32.2. The highest BCUT2D eigenvalue weighted by Gasteiger charge is 2.32. The van der Waals surface area contributed by atoms with Crippen LogP contribution in [-0.2, 0) is 16.6 Å². The predicted octanol–water partition coefficient (Wildman–Crippen LogP) is 2.32. The first-order valence-corrected chi connectivity index (χ1v) is 9.18. The van der Waals surface area contributed by atoms with Crippen LogP contribution < -0.4 is 5.32 Å². The molecule has 2 saturated carbocycles. The minimum absolute atomic E-state index is 0.230. The number of rotatable bonds is 7. The van der Waals surface area contributed by atoms with Crippen molar-refractivity contribution >= 4 is 26.0 Å². The van der Waals surface area contributed by atoms with E-state index < -0.39 is 10.0 Å². The second kappa shape index (κ2) is 5.44. The standard InChI is InChI=1S/C13H19BrN2O3S/c1-16(8-9-2-3-9)20(17,18)12-6-11(19-13(12)14)7-15-10-4-5-10/h6,9-10,15H,2-5,7-8H2,1H3. The van der Waals surface area contributed by atoms with Crippen LogP contribution in [0.4, 0.5) is 0 Å². The van der Waals surface area contributed by atoms with Crippen molar-refractivity contribution in [1.29, 1.82) is 0 Å². The van der Waals surface area contributed by atoms with Crippen molar-refractivity contribution in [1.82, 2.24) is 9.62 Å². The molecule has 2 aliphatic rings. The van der Waals surface area contributed by atoms with Gasteiger partial charge in [0.25, 0.3) is 0 Å². The van der Waals surface area contributed by atoms with Gasteiger partial charge in [-0.1, -0.05) is 0 Å². The molecule has 1 aromatic rings. The molecule has 5 nitrogen and oxygen atoms in total. The number of halogens is 1. The molecule has 112 valence electrons. The maximum absolute atomic E-state index is 12.5. The minimum Gasteiger partial charge on any atom is -0.452 e. The van der Waals surface area contributed by atoms with Crippen molar-refractivity contribution in [3.63, 3.8) is 0 Å². The van der Waals surface area contributed by atoms with E-state index in [1.807, 2.05) is 0 Å². The molecular weight excluding hydrogens is 344 g/mol. The Labute approximate surface area is 127 Å². The number of hydrogen-bond acceptors (Lipinski definition) is 4. The highest BCUT2D eigenvalue weighted by atomic mass is 79.9. The molecule has 3 rings (SSSR count). The Kier molecular flexibility index (Phi) is 3.96. The van der Waals surface area contributed by atoms with Gasteiger partial charge in [-0.2, -0.15) is 0 Å². The predicted molar refractivity (Wildman–Crippen MR) is 78.8 cm³/mol. The zero-order chi connectivity index (χ0) is 14.3. The van der Waals surface area contributed by atoms with Gasteiger partial charge < -0.3 is 9.73 Å². The van der Waals surface area contributed by atoms with E-state index in [0.29, 0.717) is 35.5 Å². The molecule has 0 saturated heterocycles. The van der Waals surface area contributed by atoms with Crippen LogP contribution in [0.25, 0.3) is 0 Å². The van der Waals surface area contributed by atoms with E-state index in [4.69, 9.17) is 4.42 Å². The fraction of sp³-hybridized carbons (Fsp3) is 0.692. The monoisotopic (exact) mass is 362 g/mol. The van der Waals surface area contributed by atoms with Crippen molar-refractivity contribution in [2.75, 3.05) is 13.6 Å². The van der Waals surface area contributed by atoms with E-state index in [2.05, 4.69) is 21.2 Å². The lowest BCUT2D eigenvalue weighted by Crippen LogP contribution is -2.28. The van der Waals surface area contributed by atoms with E-state index in [1.165, 1.54) is 17.1 Å². The summed E-state index contributed by atoms with van der Waals surface area (Å²) in [5.41, 5.74) is 0. The fourth-order valence-electron chi connectivity index (χ4n) is 2.12. The van der Waals surface area contributed by atoms with Gasteiger partial charge in [0, 0.05) is 25.7 Å². The van der Waals surface area contributed by atoms with E-state index in [-0.39, 0.29) is 4.90 Å². The summed E-state index contributed by atoms with van der Waals surface area (Å²) >= 11 is 3.23. The molecule has 0 bridgehead atoms. The first kappa shape index (κ1) is 14.6. The third-order valence-corrected chi connectivity index (χ3v) is 6.43. The molecular formula is C13H19BrN2O3S. The smallest absolute Gasteiger partial charge is 0.247 e. The van der Waals surface area contributed by atoms with Gasteiger partial charge >= 0.3 is 0 Å². The Morgan fingerprint density at radius 2 is 2.10 bits per heavy atom. The van der Waals surface area contributed by atoms with Crippen molar-refractivity contribution in [2.24, 2.45) is 5.92 Å². The summed E-state index contributed by atoms with van der Waals surface area (Å²) in [5, 5.41) is 3.31. The van der Waals surface area contributed by atoms with Crippen LogP contribution in [0.3, 0.4) is 0 Å². The lowest BCUT2D eigenvalue weighted by Gasteiger charge is -2.15. The number of sulfonamides is 1. The molecule has 0 radical (unpaired) electrons. The van der Waals surface area contributed by atoms with Crippen molar-refractivity contribution in [3.05, 3.63) is 16.5 Å². The molecule has 0 spiro atoms. The van der Waals surface area contributed by atoms with Gasteiger partial charge in [-0.25, -0.2) is 12.7 Å². The van der Waals surface area contributed by atoms with E-state index in [0.717, 1.165) is 12.8 Å². The first-order chi connectivity index (χ1) is 9.46. The molecule has 2 fully saturated rings. The molecule has 20 heavy (non-hydrogen) atoms. The zero-order valence-corrected chi connectivity index (χ0v) is 13.8. The molecule has 0 aromatic carbocycles. The Morgan fingerprint density at radius 1 is 1.40 bits per heavy atom. The highest BCUT2D eigenvalue weighted by Crippen LogP contribution is 2.33. The molecule has 0 amide bonds. The molecule has 0 atom stereocenters. The lowest BCUT2D eigenvalue weighted by molar-refractivity contribution is 0.443.